The molecule has 0 spiro atoms. The molecule has 0 radical (unpaired) electrons. The van der Waals surface area contributed by atoms with Crippen LogP contribution in [0.25, 0.3) is 10.8 Å². The number of fused-ring (bicyclic) bond motifs is 1. The third-order valence-corrected chi connectivity index (χ3v) is 3.34. The number of carbonyl (C=O) groups excluding carboxylic acids is 1. The first-order valence-corrected chi connectivity index (χ1v) is 6.53. The van der Waals surface area contributed by atoms with E-state index < -0.39 is 5.91 Å². The highest BCUT2D eigenvalue weighted by Crippen LogP contribution is 2.33. The molecule has 0 aliphatic heterocycles. The van der Waals surface area contributed by atoms with Gasteiger partial charge in [-0.25, -0.2) is 0 Å². The van der Waals surface area contributed by atoms with Crippen molar-refractivity contribution in [2.24, 2.45) is 0 Å². The van der Waals surface area contributed by atoms with Crippen LogP contribution < -0.4 is 11.1 Å². The highest BCUT2D eigenvalue weighted by atomic mass is 16.3. The number of amides is 1. The Labute approximate surface area is 121 Å². The largest absolute Gasteiger partial charge is 0.505 e. The van der Waals surface area contributed by atoms with E-state index >= 15 is 0 Å². The number of para-hydroxylation sites is 1. The standard InChI is InChI=1S/C17H14N2O2/c18-15-13-9-5-4-6-11(13)10-14(16(15)20)17(21)19-12-7-2-1-3-8-12/h1-10,20H,18H2,(H,19,21). The number of aromatic hydroxyl groups is 1. The summed E-state index contributed by atoms with van der Waals surface area (Å²) in [5.41, 5.74) is 6.96. The van der Waals surface area contributed by atoms with Gasteiger partial charge in [0.1, 0.15) is 0 Å². The van der Waals surface area contributed by atoms with E-state index in [0.29, 0.717) is 5.69 Å². The lowest BCUT2D eigenvalue weighted by Gasteiger charge is -2.11. The molecule has 3 rings (SSSR count). The predicted octanol–water partition coefficient (Wildman–Crippen LogP) is 3.38. The fourth-order valence-electron chi connectivity index (χ4n) is 2.26. The maximum Gasteiger partial charge on any atom is 0.259 e. The molecule has 3 aromatic carbocycles. The van der Waals surface area contributed by atoms with E-state index in [1.165, 1.54) is 0 Å². The smallest absolute Gasteiger partial charge is 0.259 e. The van der Waals surface area contributed by atoms with Gasteiger partial charge in [0, 0.05) is 11.1 Å². The second-order valence-electron chi connectivity index (χ2n) is 4.73. The molecule has 0 saturated heterocycles. The molecule has 1 amide bonds. The van der Waals surface area contributed by atoms with Crippen molar-refractivity contribution in [3.05, 3.63) is 66.2 Å². The van der Waals surface area contributed by atoms with Crippen molar-refractivity contribution in [3.63, 3.8) is 0 Å². The molecule has 0 atom stereocenters. The maximum atomic E-state index is 12.3. The van der Waals surface area contributed by atoms with Crippen molar-refractivity contribution in [3.8, 4) is 5.75 Å². The first kappa shape index (κ1) is 13.0. The number of nitrogens with two attached hydrogens (primary N) is 1. The number of nitrogen functional groups attached to an aromatic ring is 1. The van der Waals surface area contributed by atoms with Crippen LogP contribution >= 0.6 is 0 Å². The van der Waals surface area contributed by atoms with E-state index in [9.17, 15) is 9.90 Å². The van der Waals surface area contributed by atoms with Crippen LogP contribution in [0, 0.1) is 0 Å². The van der Waals surface area contributed by atoms with Gasteiger partial charge in [-0.05, 0) is 23.6 Å². The topological polar surface area (TPSA) is 75.3 Å². The molecule has 0 aromatic heterocycles. The van der Waals surface area contributed by atoms with Gasteiger partial charge in [0.2, 0.25) is 0 Å². The molecule has 4 N–H and O–H groups in total. The van der Waals surface area contributed by atoms with Crippen LogP contribution in [0.15, 0.2) is 60.7 Å². The molecular weight excluding hydrogens is 264 g/mol. The fourth-order valence-corrected chi connectivity index (χ4v) is 2.26. The van der Waals surface area contributed by atoms with Gasteiger partial charge in [0.05, 0.1) is 11.3 Å². The first-order valence-electron chi connectivity index (χ1n) is 6.53. The van der Waals surface area contributed by atoms with Crippen LogP contribution in [0.3, 0.4) is 0 Å². The third-order valence-electron chi connectivity index (χ3n) is 3.34. The summed E-state index contributed by atoms with van der Waals surface area (Å²) in [4.78, 5) is 12.3. The molecule has 0 bridgehead atoms. The minimum Gasteiger partial charge on any atom is -0.505 e. The number of anilines is 2. The molecule has 0 aliphatic carbocycles. The van der Waals surface area contributed by atoms with Crippen LogP contribution in [0.4, 0.5) is 11.4 Å². The Kier molecular flexibility index (Phi) is 3.20. The monoisotopic (exact) mass is 278 g/mol. The number of benzene rings is 3. The van der Waals surface area contributed by atoms with Gasteiger partial charge in [-0.3, -0.25) is 4.79 Å². The van der Waals surface area contributed by atoms with Gasteiger partial charge in [0.25, 0.3) is 5.91 Å². The molecule has 4 heteroatoms. The summed E-state index contributed by atoms with van der Waals surface area (Å²) in [7, 11) is 0. The normalized spacial score (nSPS) is 10.5. The zero-order valence-corrected chi connectivity index (χ0v) is 11.2. The van der Waals surface area contributed by atoms with Gasteiger partial charge in [-0.2, -0.15) is 0 Å². The lowest BCUT2D eigenvalue weighted by atomic mass is 10.0. The maximum absolute atomic E-state index is 12.3. The Hall–Kier alpha value is -3.01. The molecular formula is C17H14N2O2. The molecule has 0 heterocycles. The van der Waals surface area contributed by atoms with Crippen LogP contribution in [-0.2, 0) is 0 Å². The molecule has 0 saturated carbocycles. The summed E-state index contributed by atoms with van der Waals surface area (Å²) in [5.74, 6) is -0.585. The number of nitrogens with one attached hydrogen (secondary N) is 1. The van der Waals surface area contributed by atoms with Crippen molar-refractivity contribution >= 4 is 28.1 Å². The molecule has 0 fully saturated rings. The van der Waals surface area contributed by atoms with E-state index in [1.807, 2.05) is 42.5 Å². The molecule has 0 unspecified atom stereocenters. The lowest BCUT2D eigenvalue weighted by Crippen LogP contribution is -2.12. The number of phenolic OH excluding ortho intramolecular Hbond substituents is 1. The average Bonchev–Trinajstić information content (AvgIpc) is 2.52. The third kappa shape index (κ3) is 2.39. The number of rotatable bonds is 2. The van der Waals surface area contributed by atoms with Crippen LogP contribution in [-0.4, -0.2) is 11.0 Å². The Balaban J connectivity index is 2.04. The van der Waals surface area contributed by atoms with Gasteiger partial charge >= 0.3 is 0 Å². The van der Waals surface area contributed by atoms with Crippen LogP contribution in [0.5, 0.6) is 5.75 Å². The Morgan fingerprint density at radius 3 is 2.43 bits per heavy atom. The van der Waals surface area contributed by atoms with Crippen LogP contribution in [0.1, 0.15) is 10.4 Å². The second kappa shape index (κ2) is 5.17. The van der Waals surface area contributed by atoms with E-state index in [1.54, 1.807) is 18.2 Å². The van der Waals surface area contributed by atoms with E-state index in [-0.39, 0.29) is 17.0 Å². The zero-order valence-electron chi connectivity index (χ0n) is 11.2. The Morgan fingerprint density at radius 1 is 1.00 bits per heavy atom. The van der Waals surface area contributed by atoms with Crippen molar-refractivity contribution in [1.82, 2.24) is 0 Å². The number of hydrogen-bond acceptors (Lipinski definition) is 3. The minimum absolute atomic E-state index is 0.162. The SMILES string of the molecule is Nc1c(O)c(C(=O)Nc2ccccc2)cc2ccccc12. The van der Waals surface area contributed by atoms with Gasteiger partial charge in [-0.1, -0.05) is 42.5 Å². The highest BCUT2D eigenvalue weighted by molar-refractivity contribution is 6.11. The molecule has 0 aliphatic rings. The summed E-state index contributed by atoms with van der Waals surface area (Å²) in [6.07, 6.45) is 0. The number of phenols is 1. The van der Waals surface area contributed by atoms with Crippen molar-refractivity contribution in [1.29, 1.82) is 0 Å². The van der Waals surface area contributed by atoms with E-state index in [4.69, 9.17) is 5.73 Å². The highest BCUT2D eigenvalue weighted by Gasteiger charge is 2.16. The first-order chi connectivity index (χ1) is 10.2. The summed E-state index contributed by atoms with van der Waals surface area (Å²) in [6, 6.07) is 18.1. The van der Waals surface area contributed by atoms with Gasteiger partial charge < -0.3 is 16.2 Å². The predicted molar refractivity (Wildman–Crippen MR) is 84.4 cm³/mol. The zero-order chi connectivity index (χ0) is 14.8. The summed E-state index contributed by atoms with van der Waals surface area (Å²) >= 11 is 0. The van der Waals surface area contributed by atoms with Crippen molar-refractivity contribution < 1.29 is 9.90 Å². The van der Waals surface area contributed by atoms with Crippen molar-refractivity contribution in [2.75, 3.05) is 11.1 Å². The fraction of sp³-hybridized carbons (Fsp3) is 0. The molecule has 4 nitrogen and oxygen atoms in total. The lowest BCUT2D eigenvalue weighted by molar-refractivity contribution is 0.102. The number of carbonyl (C=O) groups is 1. The van der Waals surface area contributed by atoms with Gasteiger partial charge in [-0.15, -0.1) is 0 Å². The average molecular weight is 278 g/mol. The van der Waals surface area contributed by atoms with Gasteiger partial charge in [0.15, 0.2) is 5.75 Å². The van der Waals surface area contributed by atoms with E-state index in [2.05, 4.69) is 5.32 Å². The Bertz CT molecular complexity index is 814. The molecule has 104 valence electrons. The second-order valence-corrected chi connectivity index (χ2v) is 4.73. The molecule has 3 aromatic rings. The van der Waals surface area contributed by atoms with Crippen LogP contribution in [0.2, 0.25) is 0 Å². The Morgan fingerprint density at radius 2 is 1.67 bits per heavy atom. The van der Waals surface area contributed by atoms with Crippen molar-refractivity contribution in [2.45, 2.75) is 0 Å². The quantitative estimate of drug-likeness (QED) is 0.497. The summed E-state index contributed by atoms with van der Waals surface area (Å²) < 4.78 is 0. The summed E-state index contributed by atoms with van der Waals surface area (Å²) in [5, 5.41) is 14.4. The van der Waals surface area contributed by atoms with E-state index in [0.717, 1.165) is 10.8 Å². The number of hydrogen-bond donors (Lipinski definition) is 3. The minimum atomic E-state index is -0.392. The molecule has 21 heavy (non-hydrogen) atoms. The summed E-state index contributed by atoms with van der Waals surface area (Å²) in [6.45, 7) is 0.